The van der Waals surface area contributed by atoms with Gasteiger partial charge in [0, 0.05) is 24.7 Å². The zero-order chi connectivity index (χ0) is 13.1. The molecular formula is C14H17ClN2O. The summed E-state index contributed by atoms with van der Waals surface area (Å²) in [6.45, 7) is 0.526. The van der Waals surface area contributed by atoms with Crippen molar-refractivity contribution in [2.45, 2.75) is 19.0 Å². The quantitative estimate of drug-likeness (QED) is 0.851. The number of carbonyl (C=O) groups excluding carboxylic acids is 1. The molecule has 2 rings (SSSR count). The van der Waals surface area contributed by atoms with E-state index < -0.39 is 0 Å². The molecule has 0 fully saturated rings. The highest BCUT2D eigenvalue weighted by Gasteiger charge is 2.25. The van der Waals surface area contributed by atoms with E-state index in [9.17, 15) is 4.79 Å². The van der Waals surface area contributed by atoms with Gasteiger partial charge in [-0.2, -0.15) is 0 Å². The minimum atomic E-state index is -0.0903. The summed E-state index contributed by atoms with van der Waals surface area (Å²) in [6.07, 6.45) is 4.49. The van der Waals surface area contributed by atoms with Crippen LogP contribution in [0.3, 0.4) is 0 Å². The lowest BCUT2D eigenvalue weighted by atomic mass is 10.1. The Labute approximate surface area is 112 Å². The number of nitrogens with zero attached hydrogens (tertiary/aromatic N) is 1. The zero-order valence-corrected chi connectivity index (χ0v) is 11.1. The molecule has 0 aromatic heterocycles. The van der Waals surface area contributed by atoms with Gasteiger partial charge < -0.3 is 10.6 Å². The van der Waals surface area contributed by atoms with Gasteiger partial charge in [-0.15, -0.1) is 0 Å². The maximum atomic E-state index is 12.2. The van der Waals surface area contributed by atoms with E-state index >= 15 is 0 Å². The monoisotopic (exact) mass is 264 g/mol. The van der Waals surface area contributed by atoms with Gasteiger partial charge in [0.1, 0.15) is 0 Å². The highest BCUT2D eigenvalue weighted by atomic mass is 35.5. The van der Waals surface area contributed by atoms with Crippen molar-refractivity contribution in [1.82, 2.24) is 4.90 Å². The molecule has 0 heterocycles. The lowest BCUT2D eigenvalue weighted by molar-refractivity contribution is -0.133. The predicted octanol–water partition coefficient (Wildman–Crippen LogP) is 2.20. The predicted molar refractivity (Wildman–Crippen MR) is 73.1 cm³/mol. The molecule has 0 bridgehead atoms. The van der Waals surface area contributed by atoms with Gasteiger partial charge in [0.25, 0.3) is 0 Å². The fourth-order valence-corrected chi connectivity index (χ4v) is 2.35. The molecule has 96 valence electrons. The molecule has 1 aromatic rings. The summed E-state index contributed by atoms with van der Waals surface area (Å²) in [6, 6.07) is 7.58. The van der Waals surface area contributed by atoms with Crippen LogP contribution in [-0.4, -0.2) is 23.9 Å². The van der Waals surface area contributed by atoms with Crippen molar-refractivity contribution in [2.24, 2.45) is 11.7 Å². The molecule has 1 amide bonds. The van der Waals surface area contributed by atoms with E-state index in [1.54, 1.807) is 11.9 Å². The van der Waals surface area contributed by atoms with E-state index in [0.717, 1.165) is 5.56 Å². The largest absolute Gasteiger partial charge is 0.341 e. The van der Waals surface area contributed by atoms with Crippen molar-refractivity contribution in [3.05, 3.63) is 47.0 Å². The van der Waals surface area contributed by atoms with E-state index in [4.69, 9.17) is 17.3 Å². The topological polar surface area (TPSA) is 46.3 Å². The summed E-state index contributed by atoms with van der Waals surface area (Å²) in [5, 5.41) is 0.691. The molecule has 1 aliphatic rings. The lowest BCUT2D eigenvalue weighted by Gasteiger charge is -2.21. The van der Waals surface area contributed by atoms with Gasteiger partial charge in [-0.25, -0.2) is 0 Å². The van der Waals surface area contributed by atoms with E-state index in [1.165, 1.54) is 0 Å². The standard InChI is InChI=1S/C14H17ClN2O/c1-17(9-11-4-2-3-5-13(11)15)14(18)10-6-7-12(16)8-10/h2-7,10,12H,8-9,16H2,1H3. The minimum absolute atomic E-state index is 0.00710. The third kappa shape index (κ3) is 2.92. The molecule has 1 aromatic carbocycles. The first-order chi connectivity index (χ1) is 8.58. The average molecular weight is 265 g/mol. The first-order valence-corrected chi connectivity index (χ1v) is 6.38. The van der Waals surface area contributed by atoms with E-state index in [1.807, 2.05) is 36.4 Å². The highest BCUT2D eigenvalue weighted by molar-refractivity contribution is 6.31. The number of hydrogen-bond acceptors (Lipinski definition) is 2. The van der Waals surface area contributed by atoms with E-state index in [-0.39, 0.29) is 17.9 Å². The van der Waals surface area contributed by atoms with Gasteiger partial charge in [0.2, 0.25) is 5.91 Å². The first-order valence-electron chi connectivity index (χ1n) is 6.00. The Hall–Kier alpha value is -1.32. The number of hydrogen-bond donors (Lipinski definition) is 1. The molecule has 1 aliphatic carbocycles. The summed E-state index contributed by atoms with van der Waals surface area (Å²) in [5.41, 5.74) is 6.72. The fourth-order valence-electron chi connectivity index (χ4n) is 2.15. The number of benzene rings is 1. The lowest BCUT2D eigenvalue weighted by Crippen LogP contribution is -2.32. The van der Waals surface area contributed by atoms with Crippen LogP contribution in [0.4, 0.5) is 0 Å². The van der Waals surface area contributed by atoms with Gasteiger partial charge in [-0.1, -0.05) is 42.0 Å². The second-order valence-electron chi connectivity index (χ2n) is 4.68. The second kappa shape index (κ2) is 5.55. The molecule has 0 radical (unpaired) electrons. The Balaban J connectivity index is 2.00. The Bertz CT molecular complexity index is 473. The van der Waals surface area contributed by atoms with Crippen LogP contribution in [-0.2, 0) is 11.3 Å². The van der Waals surface area contributed by atoms with Crippen LogP contribution in [0.15, 0.2) is 36.4 Å². The molecule has 2 atom stereocenters. The molecule has 0 aliphatic heterocycles. The van der Waals surface area contributed by atoms with Crippen molar-refractivity contribution in [2.75, 3.05) is 7.05 Å². The first kappa shape index (κ1) is 13.1. The third-order valence-electron chi connectivity index (χ3n) is 3.18. The summed E-state index contributed by atoms with van der Waals surface area (Å²) in [4.78, 5) is 13.9. The summed E-state index contributed by atoms with van der Waals surface area (Å²) in [5.74, 6) is 0.00612. The van der Waals surface area contributed by atoms with Crippen LogP contribution in [0.25, 0.3) is 0 Å². The normalized spacial score (nSPS) is 22.2. The molecule has 3 nitrogen and oxygen atoms in total. The number of halogens is 1. The summed E-state index contributed by atoms with van der Waals surface area (Å²) < 4.78 is 0. The van der Waals surface area contributed by atoms with Gasteiger partial charge in [-0.3, -0.25) is 4.79 Å². The highest BCUT2D eigenvalue weighted by Crippen LogP contribution is 2.21. The molecule has 0 spiro atoms. The van der Waals surface area contributed by atoms with E-state index in [0.29, 0.717) is 18.0 Å². The van der Waals surface area contributed by atoms with Gasteiger partial charge >= 0.3 is 0 Å². The summed E-state index contributed by atoms with van der Waals surface area (Å²) >= 11 is 6.08. The Kier molecular flexibility index (Phi) is 4.04. The van der Waals surface area contributed by atoms with Crippen LogP contribution in [0, 0.1) is 5.92 Å². The number of rotatable bonds is 3. The van der Waals surface area contributed by atoms with Crippen molar-refractivity contribution >= 4 is 17.5 Å². The third-order valence-corrected chi connectivity index (χ3v) is 3.54. The van der Waals surface area contributed by atoms with Gasteiger partial charge in [-0.05, 0) is 18.1 Å². The van der Waals surface area contributed by atoms with Crippen molar-refractivity contribution < 1.29 is 4.79 Å². The molecule has 0 saturated carbocycles. The Morgan fingerprint density at radius 3 is 2.78 bits per heavy atom. The summed E-state index contributed by atoms with van der Waals surface area (Å²) in [7, 11) is 1.79. The molecule has 0 saturated heterocycles. The van der Waals surface area contributed by atoms with Crippen LogP contribution in [0.5, 0.6) is 0 Å². The van der Waals surface area contributed by atoms with Gasteiger partial charge in [0.05, 0.1) is 5.92 Å². The smallest absolute Gasteiger partial charge is 0.229 e. The maximum Gasteiger partial charge on any atom is 0.229 e. The fraction of sp³-hybridized carbons (Fsp3) is 0.357. The van der Waals surface area contributed by atoms with Crippen LogP contribution in [0.2, 0.25) is 5.02 Å². The van der Waals surface area contributed by atoms with Crippen molar-refractivity contribution in [3.63, 3.8) is 0 Å². The average Bonchev–Trinajstić information content (AvgIpc) is 2.78. The minimum Gasteiger partial charge on any atom is -0.341 e. The van der Waals surface area contributed by atoms with Crippen molar-refractivity contribution in [1.29, 1.82) is 0 Å². The number of nitrogens with two attached hydrogens (primary N) is 1. The van der Waals surface area contributed by atoms with Crippen LogP contribution >= 0.6 is 11.6 Å². The maximum absolute atomic E-state index is 12.2. The SMILES string of the molecule is CN(Cc1ccccc1Cl)C(=O)C1C=CC(N)C1. The molecule has 4 heteroatoms. The molecule has 2 N–H and O–H groups in total. The van der Waals surface area contributed by atoms with Gasteiger partial charge in [0.15, 0.2) is 0 Å². The van der Waals surface area contributed by atoms with Crippen molar-refractivity contribution in [3.8, 4) is 0 Å². The molecular weight excluding hydrogens is 248 g/mol. The van der Waals surface area contributed by atoms with Crippen LogP contribution in [0.1, 0.15) is 12.0 Å². The number of amides is 1. The van der Waals surface area contributed by atoms with E-state index in [2.05, 4.69) is 0 Å². The zero-order valence-electron chi connectivity index (χ0n) is 10.3. The molecule has 18 heavy (non-hydrogen) atoms. The second-order valence-corrected chi connectivity index (χ2v) is 5.08. The number of carbonyl (C=O) groups is 1. The Morgan fingerprint density at radius 1 is 1.44 bits per heavy atom. The van der Waals surface area contributed by atoms with Crippen LogP contribution < -0.4 is 5.73 Å². The Morgan fingerprint density at radius 2 is 2.17 bits per heavy atom. The molecule has 2 unspecified atom stereocenters.